The first-order valence-corrected chi connectivity index (χ1v) is 3.96. The lowest BCUT2D eigenvalue weighted by Gasteiger charge is -1.87. The molecule has 1 aromatic carbocycles. The first-order valence-electron chi connectivity index (χ1n) is 3.96. The molecule has 3 heteroatoms. The summed E-state index contributed by atoms with van der Waals surface area (Å²) >= 11 is 0. The van der Waals surface area contributed by atoms with E-state index in [1.807, 2.05) is 0 Å². The minimum Gasteiger partial charge on any atom is -0.352 e. The van der Waals surface area contributed by atoms with Gasteiger partial charge < -0.3 is 4.98 Å². The van der Waals surface area contributed by atoms with E-state index in [-0.39, 0.29) is 11.6 Å². The average molecular weight is 177 g/mol. The van der Waals surface area contributed by atoms with Crippen molar-refractivity contribution in [3.63, 3.8) is 0 Å². The Balaban J connectivity index is 2.68. The SMILES string of the molecule is CC(=O)c1cc2cc(F)ccc2[nH]1. The number of fused-ring (bicyclic) bond motifs is 1. The van der Waals surface area contributed by atoms with Crippen LogP contribution in [0, 0.1) is 5.82 Å². The van der Waals surface area contributed by atoms with Gasteiger partial charge in [-0.25, -0.2) is 4.39 Å². The van der Waals surface area contributed by atoms with Gasteiger partial charge in [0.1, 0.15) is 5.82 Å². The number of H-pyrrole nitrogens is 1. The molecule has 1 aromatic heterocycles. The molecule has 0 saturated heterocycles. The van der Waals surface area contributed by atoms with Crippen LogP contribution in [0.5, 0.6) is 0 Å². The third-order valence-corrected chi connectivity index (χ3v) is 1.96. The van der Waals surface area contributed by atoms with E-state index in [9.17, 15) is 9.18 Å². The fraction of sp³-hybridized carbons (Fsp3) is 0.100. The van der Waals surface area contributed by atoms with Crippen molar-refractivity contribution in [3.8, 4) is 0 Å². The van der Waals surface area contributed by atoms with Crippen LogP contribution >= 0.6 is 0 Å². The Morgan fingerprint density at radius 3 is 2.85 bits per heavy atom. The number of aromatic amines is 1. The van der Waals surface area contributed by atoms with Gasteiger partial charge in [-0.05, 0) is 24.3 Å². The molecule has 2 nitrogen and oxygen atoms in total. The standard InChI is InChI=1S/C10H8FNO/c1-6(13)10-5-7-4-8(11)2-3-9(7)12-10/h2-5,12H,1H3. The fourth-order valence-electron chi connectivity index (χ4n) is 1.29. The Hall–Kier alpha value is -1.64. The molecular weight excluding hydrogens is 169 g/mol. The molecule has 0 atom stereocenters. The highest BCUT2D eigenvalue weighted by Gasteiger charge is 2.04. The molecule has 2 rings (SSSR count). The minimum atomic E-state index is -0.290. The van der Waals surface area contributed by atoms with Gasteiger partial charge in [-0.2, -0.15) is 0 Å². The first-order chi connectivity index (χ1) is 6.16. The number of Topliss-reactive ketones (excluding diaryl/α,β-unsaturated/α-hetero) is 1. The quantitative estimate of drug-likeness (QED) is 0.667. The van der Waals surface area contributed by atoms with Crippen LogP contribution in [0.4, 0.5) is 4.39 Å². The number of carbonyl (C=O) groups is 1. The van der Waals surface area contributed by atoms with E-state index in [0.29, 0.717) is 5.69 Å². The summed E-state index contributed by atoms with van der Waals surface area (Å²) in [6, 6.07) is 6.04. The molecule has 1 heterocycles. The zero-order chi connectivity index (χ0) is 9.42. The molecule has 13 heavy (non-hydrogen) atoms. The van der Waals surface area contributed by atoms with Crippen LogP contribution < -0.4 is 0 Å². The predicted molar refractivity (Wildman–Crippen MR) is 48.3 cm³/mol. The number of halogens is 1. The molecule has 0 aliphatic heterocycles. The monoisotopic (exact) mass is 177 g/mol. The van der Waals surface area contributed by atoms with Gasteiger partial charge in [-0.15, -0.1) is 0 Å². The maximum absolute atomic E-state index is 12.7. The van der Waals surface area contributed by atoms with Crippen molar-refractivity contribution in [1.82, 2.24) is 4.98 Å². The number of hydrogen-bond acceptors (Lipinski definition) is 1. The van der Waals surface area contributed by atoms with Gasteiger partial charge in [0.25, 0.3) is 0 Å². The van der Waals surface area contributed by atoms with Crippen molar-refractivity contribution in [3.05, 3.63) is 35.8 Å². The molecule has 0 amide bonds. The summed E-state index contributed by atoms with van der Waals surface area (Å²) in [7, 11) is 0. The second-order valence-corrected chi connectivity index (χ2v) is 2.97. The van der Waals surface area contributed by atoms with E-state index < -0.39 is 0 Å². The lowest BCUT2D eigenvalue weighted by molar-refractivity contribution is 0.101. The zero-order valence-electron chi connectivity index (χ0n) is 7.10. The number of benzene rings is 1. The van der Waals surface area contributed by atoms with Crippen LogP contribution in [-0.2, 0) is 0 Å². The normalized spacial score (nSPS) is 10.6. The van der Waals surface area contributed by atoms with Gasteiger partial charge in [-0.3, -0.25) is 4.79 Å². The highest BCUT2D eigenvalue weighted by atomic mass is 19.1. The Labute approximate surface area is 74.4 Å². The predicted octanol–water partition coefficient (Wildman–Crippen LogP) is 2.51. The third kappa shape index (κ3) is 1.33. The average Bonchev–Trinajstić information content (AvgIpc) is 2.46. The lowest BCUT2D eigenvalue weighted by Crippen LogP contribution is -1.89. The van der Waals surface area contributed by atoms with Crippen LogP contribution in [0.15, 0.2) is 24.3 Å². The van der Waals surface area contributed by atoms with Crippen LogP contribution in [0.1, 0.15) is 17.4 Å². The van der Waals surface area contributed by atoms with Crippen LogP contribution in [0.25, 0.3) is 10.9 Å². The summed E-state index contributed by atoms with van der Waals surface area (Å²) in [5, 5.41) is 0.727. The molecule has 0 spiro atoms. The summed E-state index contributed by atoms with van der Waals surface area (Å²) < 4.78 is 12.7. The largest absolute Gasteiger partial charge is 0.352 e. The number of carbonyl (C=O) groups excluding carboxylic acids is 1. The van der Waals surface area contributed by atoms with Gasteiger partial charge >= 0.3 is 0 Å². The molecule has 0 aliphatic rings. The Morgan fingerprint density at radius 1 is 1.38 bits per heavy atom. The molecule has 0 aliphatic carbocycles. The molecular formula is C10H8FNO. The molecule has 0 radical (unpaired) electrons. The van der Waals surface area contributed by atoms with Gasteiger partial charge in [0.05, 0.1) is 5.69 Å². The Morgan fingerprint density at radius 2 is 2.15 bits per heavy atom. The fourth-order valence-corrected chi connectivity index (χ4v) is 1.29. The maximum atomic E-state index is 12.7. The third-order valence-electron chi connectivity index (χ3n) is 1.96. The Bertz CT molecular complexity index is 473. The van der Waals surface area contributed by atoms with Gasteiger partial charge in [0.15, 0.2) is 5.78 Å². The smallest absolute Gasteiger partial charge is 0.175 e. The van der Waals surface area contributed by atoms with E-state index >= 15 is 0 Å². The Kier molecular flexibility index (Phi) is 1.65. The maximum Gasteiger partial charge on any atom is 0.175 e. The van der Waals surface area contributed by atoms with Crippen molar-refractivity contribution in [2.24, 2.45) is 0 Å². The first kappa shape index (κ1) is 7.98. The number of nitrogens with one attached hydrogen (secondary N) is 1. The van der Waals surface area contributed by atoms with E-state index in [0.717, 1.165) is 10.9 Å². The molecule has 0 unspecified atom stereocenters. The lowest BCUT2D eigenvalue weighted by atomic mass is 10.2. The van der Waals surface area contributed by atoms with Crippen molar-refractivity contribution in [2.45, 2.75) is 6.92 Å². The highest BCUT2D eigenvalue weighted by molar-refractivity contribution is 5.97. The van der Waals surface area contributed by atoms with E-state index in [1.165, 1.54) is 19.1 Å². The number of aromatic nitrogens is 1. The number of rotatable bonds is 1. The molecule has 0 bridgehead atoms. The van der Waals surface area contributed by atoms with E-state index in [2.05, 4.69) is 4.98 Å². The van der Waals surface area contributed by atoms with Crippen LogP contribution in [0.3, 0.4) is 0 Å². The summed E-state index contributed by atoms with van der Waals surface area (Å²) in [6.07, 6.45) is 0. The van der Waals surface area contributed by atoms with Crippen LogP contribution in [0.2, 0.25) is 0 Å². The molecule has 1 N–H and O–H groups in total. The van der Waals surface area contributed by atoms with Crippen LogP contribution in [-0.4, -0.2) is 10.8 Å². The number of ketones is 1. The van der Waals surface area contributed by atoms with E-state index in [4.69, 9.17) is 0 Å². The van der Waals surface area contributed by atoms with Gasteiger partial charge in [0.2, 0.25) is 0 Å². The molecule has 0 fully saturated rings. The zero-order valence-corrected chi connectivity index (χ0v) is 7.10. The summed E-state index contributed by atoms with van der Waals surface area (Å²) in [4.78, 5) is 13.9. The molecule has 0 saturated carbocycles. The van der Waals surface area contributed by atoms with Gasteiger partial charge in [0, 0.05) is 17.8 Å². The second-order valence-electron chi connectivity index (χ2n) is 2.97. The molecule has 66 valence electrons. The van der Waals surface area contributed by atoms with Crippen molar-refractivity contribution in [2.75, 3.05) is 0 Å². The topological polar surface area (TPSA) is 32.9 Å². The molecule has 2 aromatic rings. The summed E-state index contributed by atoms with van der Waals surface area (Å²) in [5.41, 5.74) is 1.30. The van der Waals surface area contributed by atoms with Crippen molar-refractivity contribution >= 4 is 16.7 Å². The van der Waals surface area contributed by atoms with Crippen molar-refractivity contribution < 1.29 is 9.18 Å². The van der Waals surface area contributed by atoms with E-state index in [1.54, 1.807) is 12.1 Å². The highest BCUT2D eigenvalue weighted by Crippen LogP contribution is 2.16. The minimum absolute atomic E-state index is 0.0448. The summed E-state index contributed by atoms with van der Waals surface area (Å²) in [5.74, 6) is -0.335. The van der Waals surface area contributed by atoms with Crippen molar-refractivity contribution in [1.29, 1.82) is 0 Å². The summed E-state index contributed by atoms with van der Waals surface area (Å²) in [6.45, 7) is 1.47. The van der Waals surface area contributed by atoms with Gasteiger partial charge in [-0.1, -0.05) is 0 Å². The number of hydrogen-bond donors (Lipinski definition) is 1. The second kappa shape index (κ2) is 2.69.